The minimum atomic E-state index is -0.291. The molecule has 1 atom stereocenters. The third-order valence-corrected chi connectivity index (χ3v) is 3.32. The Morgan fingerprint density at radius 1 is 1.10 bits per heavy atom. The molecule has 2 N–H and O–H groups in total. The molecule has 0 fully saturated rings. The van der Waals surface area contributed by atoms with Crippen molar-refractivity contribution in [1.29, 1.82) is 0 Å². The van der Waals surface area contributed by atoms with Gasteiger partial charge in [-0.3, -0.25) is 0 Å². The lowest BCUT2D eigenvalue weighted by Gasteiger charge is -2.15. The molecule has 0 aromatic heterocycles. The van der Waals surface area contributed by atoms with E-state index in [1.165, 1.54) is 12.1 Å². The highest BCUT2D eigenvalue weighted by atomic mass is 19.1. The molecule has 0 aliphatic heterocycles. The van der Waals surface area contributed by atoms with Gasteiger partial charge in [-0.1, -0.05) is 19.1 Å². The van der Waals surface area contributed by atoms with E-state index in [0.717, 1.165) is 12.0 Å². The first-order chi connectivity index (χ1) is 10.1. The van der Waals surface area contributed by atoms with Gasteiger partial charge in [-0.05, 0) is 48.7 Å². The predicted octanol–water partition coefficient (Wildman–Crippen LogP) is 3.91. The first kappa shape index (κ1) is 15.3. The van der Waals surface area contributed by atoms with Gasteiger partial charge in [-0.25, -0.2) is 4.39 Å². The van der Waals surface area contributed by atoms with Gasteiger partial charge in [-0.2, -0.15) is 0 Å². The van der Waals surface area contributed by atoms with E-state index in [4.69, 9.17) is 15.2 Å². The predicted molar refractivity (Wildman–Crippen MR) is 81.4 cm³/mol. The van der Waals surface area contributed by atoms with E-state index in [1.807, 2.05) is 31.2 Å². The number of hydrogen-bond acceptors (Lipinski definition) is 3. The van der Waals surface area contributed by atoms with Crippen LogP contribution >= 0.6 is 0 Å². The fourth-order valence-electron chi connectivity index (χ4n) is 2.06. The molecule has 0 heterocycles. The minimum Gasteiger partial charge on any atom is -0.493 e. The average molecular weight is 289 g/mol. The molecule has 0 aliphatic carbocycles. The van der Waals surface area contributed by atoms with Gasteiger partial charge in [-0.15, -0.1) is 0 Å². The van der Waals surface area contributed by atoms with Gasteiger partial charge >= 0.3 is 0 Å². The maximum atomic E-state index is 13.5. The van der Waals surface area contributed by atoms with Crippen molar-refractivity contribution in [1.82, 2.24) is 0 Å². The van der Waals surface area contributed by atoms with Gasteiger partial charge < -0.3 is 15.2 Å². The smallest absolute Gasteiger partial charge is 0.169 e. The molecule has 2 aromatic carbocycles. The van der Waals surface area contributed by atoms with E-state index in [2.05, 4.69) is 0 Å². The maximum Gasteiger partial charge on any atom is 0.169 e. The summed E-state index contributed by atoms with van der Waals surface area (Å²) < 4.78 is 24.6. The van der Waals surface area contributed by atoms with Crippen LogP contribution in [0.3, 0.4) is 0 Å². The highest BCUT2D eigenvalue weighted by Gasteiger charge is 2.12. The van der Waals surface area contributed by atoms with Crippen molar-refractivity contribution < 1.29 is 13.9 Å². The molecular weight excluding hydrogens is 269 g/mol. The van der Waals surface area contributed by atoms with E-state index >= 15 is 0 Å². The summed E-state index contributed by atoms with van der Waals surface area (Å²) in [6.45, 7) is 2.00. The summed E-state index contributed by atoms with van der Waals surface area (Å²) in [4.78, 5) is 0. The molecule has 0 radical (unpaired) electrons. The zero-order chi connectivity index (χ0) is 15.2. The van der Waals surface area contributed by atoms with Gasteiger partial charge in [0.05, 0.1) is 7.11 Å². The molecule has 2 rings (SSSR count). The summed E-state index contributed by atoms with van der Waals surface area (Å²) in [6, 6.07) is 11.8. The minimum absolute atomic E-state index is 0.0215. The van der Waals surface area contributed by atoms with E-state index < -0.39 is 0 Å². The Kier molecular flexibility index (Phi) is 5.17. The first-order valence-corrected chi connectivity index (χ1v) is 6.99. The van der Waals surface area contributed by atoms with Gasteiger partial charge in [0.1, 0.15) is 11.6 Å². The van der Waals surface area contributed by atoms with Crippen LogP contribution in [0, 0.1) is 5.82 Å². The molecule has 1 unspecified atom stereocenters. The van der Waals surface area contributed by atoms with Crippen molar-refractivity contribution >= 4 is 0 Å². The summed E-state index contributed by atoms with van der Waals surface area (Å²) in [7, 11) is 1.58. The van der Waals surface area contributed by atoms with Crippen molar-refractivity contribution in [3.63, 3.8) is 0 Å². The second-order valence-electron chi connectivity index (χ2n) is 4.88. The summed E-state index contributed by atoms with van der Waals surface area (Å²) in [6.07, 6.45) is 1.39. The largest absolute Gasteiger partial charge is 0.493 e. The maximum absolute atomic E-state index is 13.5. The SMILES string of the molecule is CCC(N)Cc1cc(F)ccc1Oc1ccccc1OC. The number of ether oxygens (including phenoxy) is 2. The number of methoxy groups -OCH3 is 1. The average Bonchev–Trinajstić information content (AvgIpc) is 2.50. The van der Waals surface area contributed by atoms with Crippen LogP contribution < -0.4 is 15.2 Å². The summed E-state index contributed by atoms with van der Waals surface area (Å²) >= 11 is 0. The van der Waals surface area contributed by atoms with E-state index in [9.17, 15) is 4.39 Å². The molecule has 0 bridgehead atoms. The van der Waals surface area contributed by atoms with E-state index in [0.29, 0.717) is 23.7 Å². The summed E-state index contributed by atoms with van der Waals surface area (Å²) in [5.74, 6) is 1.54. The topological polar surface area (TPSA) is 44.5 Å². The molecule has 4 heteroatoms. The van der Waals surface area contributed by atoms with Crippen LogP contribution in [-0.4, -0.2) is 13.2 Å². The molecule has 3 nitrogen and oxygen atoms in total. The molecular formula is C17H20FNO2. The monoisotopic (exact) mass is 289 g/mol. The van der Waals surface area contributed by atoms with Crippen molar-refractivity contribution in [2.75, 3.05) is 7.11 Å². The van der Waals surface area contributed by atoms with Crippen LogP contribution in [0.1, 0.15) is 18.9 Å². The van der Waals surface area contributed by atoms with Gasteiger partial charge in [0.2, 0.25) is 0 Å². The van der Waals surface area contributed by atoms with Crippen LogP contribution in [0.2, 0.25) is 0 Å². The zero-order valence-electron chi connectivity index (χ0n) is 12.3. The Balaban J connectivity index is 2.30. The lowest BCUT2D eigenvalue weighted by Crippen LogP contribution is -2.21. The number of nitrogens with two attached hydrogens (primary N) is 1. The van der Waals surface area contributed by atoms with E-state index in [-0.39, 0.29) is 11.9 Å². The number of rotatable bonds is 6. The number of halogens is 1. The number of para-hydroxylation sites is 2. The Bertz CT molecular complexity index is 601. The standard InChI is InChI=1S/C17H20FNO2/c1-3-14(19)11-12-10-13(18)8-9-15(12)21-17-7-5-4-6-16(17)20-2/h4-10,14H,3,11,19H2,1-2H3. The molecule has 112 valence electrons. The third kappa shape index (κ3) is 3.95. The fraction of sp³-hybridized carbons (Fsp3) is 0.294. The third-order valence-electron chi connectivity index (χ3n) is 3.32. The highest BCUT2D eigenvalue weighted by Crippen LogP contribution is 2.33. The van der Waals surface area contributed by atoms with Crippen LogP contribution in [0.5, 0.6) is 17.2 Å². The highest BCUT2D eigenvalue weighted by molar-refractivity contribution is 5.45. The summed E-state index contributed by atoms with van der Waals surface area (Å²) in [5.41, 5.74) is 6.73. The van der Waals surface area contributed by atoms with Gasteiger partial charge in [0.25, 0.3) is 0 Å². The second kappa shape index (κ2) is 7.09. The van der Waals surface area contributed by atoms with Crippen LogP contribution in [-0.2, 0) is 6.42 Å². The van der Waals surface area contributed by atoms with Gasteiger partial charge in [0, 0.05) is 6.04 Å². The molecule has 0 aliphatic rings. The summed E-state index contributed by atoms with van der Waals surface area (Å²) in [5, 5.41) is 0. The second-order valence-corrected chi connectivity index (χ2v) is 4.88. The molecule has 21 heavy (non-hydrogen) atoms. The Labute approximate surface area is 124 Å². The van der Waals surface area contributed by atoms with Crippen molar-refractivity contribution in [2.45, 2.75) is 25.8 Å². The molecule has 0 saturated heterocycles. The van der Waals surface area contributed by atoms with Crippen molar-refractivity contribution in [2.24, 2.45) is 5.73 Å². The first-order valence-electron chi connectivity index (χ1n) is 6.99. The Morgan fingerprint density at radius 3 is 2.48 bits per heavy atom. The van der Waals surface area contributed by atoms with Crippen molar-refractivity contribution in [3.05, 3.63) is 53.8 Å². The number of benzene rings is 2. The lowest BCUT2D eigenvalue weighted by atomic mass is 10.0. The number of hydrogen-bond donors (Lipinski definition) is 1. The van der Waals surface area contributed by atoms with Crippen LogP contribution in [0.25, 0.3) is 0 Å². The molecule has 0 saturated carbocycles. The molecule has 0 amide bonds. The van der Waals surface area contributed by atoms with Crippen molar-refractivity contribution in [3.8, 4) is 17.2 Å². The zero-order valence-corrected chi connectivity index (χ0v) is 12.3. The molecule has 2 aromatic rings. The lowest BCUT2D eigenvalue weighted by molar-refractivity contribution is 0.377. The normalized spacial score (nSPS) is 12.0. The van der Waals surface area contributed by atoms with Gasteiger partial charge in [0.15, 0.2) is 11.5 Å². The fourth-order valence-corrected chi connectivity index (χ4v) is 2.06. The Hall–Kier alpha value is -2.07. The quantitative estimate of drug-likeness (QED) is 0.877. The van der Waals surface area contributed by atoms with Crippen LogP contribution in [0.15, 0.2) is 42.5 Å². The Morgan fingerprint density at radius 2 is 1.81 bits per heavy atom. The molecule has 0 spiro atoms. The van der Waals surface area contributed by atoms with Crippen LogP contribution in [0.4, 0.5) is 4.39 Å². The van der Waals surface area contributed by atoms with E-state index in [1.54, 1.807) is 13.2 Å².